The first kappa shape index (κ1) is 13.8. The van der Waals surface area contributed by atoms with Crippen molar-refractivity contribution in [2.75, 3.05) is 26.3 Å². The molecule has 104 valence electrons. The molecule has 1 saturated carbocycles. The van der Waals surface area contributed by atoms with Crippen molar-refractivity contribution in [3.05, 3.63) is 0 Å². The molecule has 4 nitrogen and oxygen atoms in total. The Morgan fingerprint density at radius 2 is 1.89 bits per heavy atom. The lowest BCUT2D eigenvalue weighted by atomic mass is 9.79. The van der Waals surface area contributed by atoms with Crippen molar-refractivity contribution in [2.24, 2.45) is 22.5 Å². The van der Waals surface area contributed by atoms with Gasteiger partial charge in [-0.2, -0.15) is 0 Å². The van der Waals surface area contributed by atoms with Gasteiger partial charge in [0, 0.05) is 26.3 Å². The fourth-order valence-corrected chi connectivity index (χ4v) is 2.85. The molecule has 1 saturated heterocycles. The third-order valence-electron chi connectivity index (χ3n) is 5.04. The molecule has 0 aromatic rings. The van der Waals surface area contributed by atoms with E-state index in [9.17, 15) is 4.79 Å². The van der Waals surface area contributed by atoms with Crippen LogP contribution in [0.1, 0.15) is 39.5 Å². The van der Waals surface area contributed by atoms with Crippen LogP contribution >= 0.6 is 0 Å². The van der Waals surface area contributed by atoms with E-state index in [-0.39, 0.29) is 11.3 Å². The molecule has 2 aliphatic rings. The van der Waals surface area contributed by atoms with Gasteiger partial charge in [-0.25, -0.2) is 0 Å². The van der Waals surface area contributed by atoms with Gasteiger partial charge < -0.3 is 15.8 Å². The van der Waals surface area contributed by atoms with Crippen LogP contribution < -0.4 is 11.1 Å². The van der Waals surface area contributed by atoms with Gasteiger partial charge in [-0.05, 0) is 37.0 Å². The molecule has 2 fully saturated rings. The van der Waals surface area contributed by atoms with Gasteiger partial charge in [-0.3, -0.25) is 4.79 Å². The molecule has 1 amide bonds. The Hall–Kier alpha value is -0.610. The summed E-state index contributed by atoms with van der Waals surface area (Å²) in [6.07, 6.45) is 3.99. The fourth-order valence-electron chi connectivity index (χ4n) is 2.85. The highest BCUT2D eigenvalue weighted by Gasteiger charge is 2.47. The second kappa shape index (κ2) is 5.17. The number of carbonyl (C=O) groups excluding carboxylic acids is 1. The molecule has 1 aliphatic heterocycles. The summed E-state index contributed by atoms with van der Waals surface area (Å²) in [7, 11) is 0. The van der Waals surface area contributed by atoms with Gasteiger partial charge >= 0.3 is 0 Å². The van der Waals surface area contributed by atoms with E-state index in [0.717, 1.165) is 19.4 Å². The predicted molar refractivity (Wildman–Crippen MR) is 71.1 cm³/mol. The number of ether oxygens (including phenoxy) is 1. The molecule has 0 radical (unpaired) electrons. The Balaban J connectivity index is 1.90. The minimum Gasteiger partial charge on any atom is -0.381 e. The third kappa shape index (κ3) is 2.54. The average molecular weight is 254 g/mol. The second-order valence-electron chi connectivity index (χ2n) is 6.30. The summed E-state index contributed by atoms with van der Waals surface area (Å²) in [5.41, 5.74) is 5.81. The van der Waals surface area contributed by atoms with Crippen LogP contribution in [-0.2, 0) is 9.53 Å². The van der Waals surface area contributed by atoms with E-state index >= 15 is 0 Å². The van der Waals surface area contributed by atoms with Gasteiger partial charge in [0.05, 0.1) is 5.41 Å². The number of nitrogens with two attached hydrogens (primary N) is 1. The van der Waals surface area contributed by atoms with Crippen LogP contribution in [0.4, 0.5) is 0 Å². The summed E-state index contributed by atoms with van der Waals surface area (Å²) in [6, 6.07) is 0. The van der Waals surface area contributed by atoms with Crippen LogP contribution in [0.25, 0.3) is 0 Å². The summed E-state index contributed by atoms with van der Waals surface area (Å²) < 4.78 is 5.34. The molecule has 0 aromatic heterocycles. The zero-order chi connectivity index (χ0) is 13.2. The van der Waals surface area contributed by atoms with Gasteiger partial charge in [0.2, 0.25) is 5.91 Å². The first-order valence-corrected chi connectivity index (χ1v) is 7.11. The molecule has 1 aliphatic carbocycles. The number of carbonyl (C=O) groups is 1. The molecular weight excluding hydrogens is 228 g/mol. The Kier molecular flexibility index (Phi) is 3.97. The summed E-state index contributed by atoms with van der Waals surface area (Å²) >= 11 is 0. The Bertz CT molecular complexity index is 305. The monoisotopic (exact) mass is 254 g/mol. The van der Waals surface area contributed by atoms with E-state index < -0.39 is 0 Å². The summed E-state index contributed by atoms with van der Waals surface area (Å²) in [4.78, 5) is 12.4. The lowest BCUT2D eigenvalue weighted by Crippen LogP contribution is -2.50. The van der Waals surface area contributed by atoms with Crippen molar-refractivity contribution in [2.45, 2.75) is 39.5 Å². The highest BCUT2D eigenvalue weighted by Crippen LogP contribution is 2.51. The van der Waals surface area contributed by atoms with Gasteiger partial charge in [0.15, 0.2) is 0 Å². The Labute approximate surface area is 110 Å². The summed E-state index contributed by atoms with van der Waals surface area (Å²) in [5, 5.41) is 3.15. The predicted octanol–water partition coefficient (Wildman–Crippen LogP) is 1.29. The Morgan fingerprint density at radius 1 is 1.28 bits per heavy atom. The maximum Gasteiger partial charge on any atom is 0.227 e. The number of rotatable bonds is 5. The van der Waals surface area contributed by atoms with E-state index in [1.54, 1.807) is 0 Å². The topological polar surface area (TPSA) is 64.4 Å². The third-order valence-corrected chi connectivity index (χ3v) is 5.04. The molecule has 2 rings (SSSR count). The molecule has 1 heterocycles. The first-order chi connectivity index (χ1) is 8.55. The minimum absolute atomic E-state index is 0.139. The van der Waals surface area contributed by atoms with E-state index in [0.29, 0.717) is 31.1 Å². The smallest absolute Gasteiger partial charge is 0.227 e. The minimum atomic E-state index is -0.384. The first-order valence-electron chi connectivity index (χ1n) is 7.11. The Morgan fingerprint density at radius 3 is 2.33 bits per heavy atom. The molecular formula is C14H26N2O2. The average Bonchev–Trinajstić information content (AvgIpc) is 3.18. The highest BCUT2D eigenvalue weighted by molar-refractivity contribution is 5.83. The van der Waals surface area contributed by atoms with Crippen LogP contribution in [0.15, 0.2) is 0 Å². The highest BCUT2D eigenvalue weighted by atomic mass is 16.5. The van der Waals surface area contributed by atoms with Gasteiger partial charge in [0.1, 0.15) is 0 Å². The normalized spacial score (nSPS) is 24.9. The number of nitrogens with one attached hydrogen (secondary N) is 1. The molecule has 18 heavy (non-hydrogen) atoms. The quantitative estimate of drug-likeness (QED) is 0.777. The van der Waals surface area contributed by atoms with Crippen molar-refractivity contribution < 1.29 is 9.53 Å². The van der Waals surface area contributed by atoms with Crippen molar-refractivity contribution in [3.63, 3.8) is 0 Å². The van der Waals surface area contributed by atoms with Crippen LogP contribution in [0.5, 0.6) is 0 Å². The zero-order valence-electron chi connectivity index (χ0n) is 11.6. The van der Waals surface area contributed by atoms with Gasteiger partial charge in [-0.1, -0.05) is 13.8 Å². The molecule has 0 unspecified atom stereocenters. The summed E-state index contributed by atoms with van der Waals surface area (Å²) in [5.74, 6) is 0.779. The van der Waals surface area contributed by atoms with Gasteiger partial charge in [0.25, 0.3) is 0 Å². The lowest BCUT2D eigenvalue weighted by Gasteiger charge is -2.35. The van der Waals surface area contributed by atoms with E-state index in [1.165, 1.54) is 12.8 Å². The van der Waals surface area contributed by atoms with Crippen molar-refractivity contribution in [1.29, 1.82) is 0 Å². The second-order valence-corrected chi connectivity index (χ2v) is 6.30. The van der Waals surface area contributed by atoms with Crippen LogP contribution in [0.3, 0.4) is 0 Å². The number of hydrogen-bond acceptors (Lipinski definition) is 3. The van der Waals surface area contributed by atoms with E-state index in [4.69, 9.17) is 10.5 Å². The number of hydrogen-bond donors (Lipinski definition) is 2. The van der Waals surface area contributed by atoms with Crippen LogP contribution in [0, 0.1) is 16.7 Å². The SMILES string of the molecule is CC(C)C1(CNC(=O)C2(CN)CCOCC2)CC1. The molecule has 0 bridgehead atoms. The summed E-state index contributed by atoms with van der Waals surface area (Å²) in [6.45, 7) is 7.03. The van der Waals surface area contributed by atoms with E-state index in [2.05, 4.69) is 19.2 Å². The van der Waals surface area contributed by atoms with Crippen molar-refractivity contribution in [1.82, 2.24) is 5.32 Å². The number of amides is 1. The van der Waals surface area contributed by atoms with Crippen LogP contribution in [-0.4, -0.2) is 32.2 Å². The van der Waals surface area contributed by atoms with Crippen LogP contribution in [0.2, 0.25) is 0 Å². The van der Waals surface area contributed by atoms with Crippen molar-refractivity contribution in [3.8, 4) is 0 Å². The van der Waals surface area contributed by atoms with E-state index in [1.807, 2.05) is 0 Å². The molecule has 0 atom stereocenters. The van der Waals surface area contributed by atoms with Crippen molar-refractivity contribution >= 4 is 5.91 Å². The molecule has 3 N–H and O–H groups in total. The molecule has 0 spiro atoms. The largest absolute Gasteiger partial charge is 0.381 e. The molecule has 4 heteroatoms. The maximum atomic E-state index is 12.4. The maximum absolute atomic E-state index is 12.4. The zero-order valence-corrected chi connectivity index (χ0v) is 11.6. The molecule has 0 aromatic carbocycles. The standard InChI is InChI=1S/C14H26N2O2/c1-11(2)14(3-4-14)10-16-12(17)13(9-15)5-7-18-8-6-13/h11H,3-10,15H2,1-2H3,(H,16,17). The fraction of sp³-hybridized carbons (Fsp3) is 0.929. The lowest BCUT2D eigenvalue weighted by molar-refractivity contribution is -0.136. The van der Waals surface area contributed by atoms with Gasteiger partial charge in [-0.15, -0.1) is 0 Å².